The molecule has 1 fully saturated rings. The van der Waals surface area contributed by atoms with Crippen LogP contribution in [0.25, 0.3) is 0 Å². The van der Waals surface area contributed by atoms with Gasteiger partial charge in [-0.15, -0.1) is 0 Å². The molecular formula is C9H16F3N3S. The number of amidine groups is 1. The summed E-state index contributed by atoms with van der Waals surface area (Å²) in [4.78, 5) is 1.75. The van der Waals surface area contributed by atoms with E-state index in [1.807, 2.05) is 0 Å². The van der Waals surface area contributed by atoms with Gasteiger partial charge in [-0.25, -0.2) is 0 Å². The van der Waals surface area contributed by atoms with Gasteiger partial charge < -0.3 is 10.6 Å². The Morgan fingerprint density at radius 1 is 1.38 bits per heavy atom. The summed E-state index contributed by atoms with van der Waals surface area (Å²) >= 11 is 1.75. The smallest absolute Gasteiger partial charge is 0.387 e. The summed E-state index contributed by atoms with van der Waals surface area (Å²) in [6.07, 6.45) is -3.52. The standard InChI is InChI=1S/C9H16F3N3S/c10-9(11,12)7(8(13)14)6-15-2-1-4-16-5-3-15/h7H,1-6H2,(H3,13,14). The van der Waals surface area contributed by atoms with Crippen LogP contribution in [0.1, 0.15) is 6.42 Å². The monoisotopic (exact) mass is 255 g/mol. The Balaban J connectivity index is 2.56. The van der Waals surface area contributed by atoms with Crippen molar-refractivity contribution in [2.75, 3.05) is 31.1 Å². The van der Waals surface area contributed by atoms with Crippen molar-refractivity contribution < 1.29 is 13.2 Å². The van der Waals surface area contributed by atoms with Crippen LogP contribution in [0, 0.1) is 11.3 Å². The summed E-state index contributed by atoms with van der Waals surface area (Å²) in [5.74, 6) is -0.768. The zero-order valence-corrected chi connectivity index (χ0v) is 9.70. The molecule has 3 nitrogen and oxygen atoms in total. The molecule has 0 spiro atoms. The molecule has 7 heteroatoms. The Morgan fingerprint density at radius 3 is 2.62 bits per heavy atom. The SMILES string of the molecule is N=C(N)C(CN1CCCSCC1)C(F)(F)F. The van der Waals surface area contributed by atoms with Crippen molar-refractivity contribution in [3.63, 3.8) is 0 Å². The molecule has 1 aliphatic rings. The first-order valence-corrected chi connectivity index (χ1v) is 6.27. The maximum absolute atomic E-state index is 12.6. The average molecular weight is 255 g/mol. The number of alkyl halides is 3. The molecule has 0 aliphatic carbocycles. The first-order valence-electron chi connectivity index (χ1n) is 5.12. The van der Waals surface area contributed by atoms with Crippen molar-refractivity contribution >= 4 is 17.6 Å². The van der Waals surface area contributed by atoms with Gasteiger partial charge in [0.05, 0.1) is 0 Å². The molecule has 0 aromatic heterocycles. The van der Waals surface area contributed by atoms with Gasteiger partial charge in [0.15, 0.2) is 0 Å². The molecule has 1 saturated heterocycles. The molecule has 1 heterocycles. The third-order valence-electron chi connectivity index (χ3n) is 2.53. The first kappa shape index (κ1) is 13.6. The number of nitrogens with zero attached hydrogens (tertiary/aromatic N) is 1. The van der Waals surface area contributed by atoms with Gasteiger partial charge in [0.1, 0.15) is 11.8 Å². The van der Waals surface area contributed by atoms with Crippen LogP contribution in [0.4, 0.5) is 13.2 Å². The van der Waals surface area contributed by atoms with Crippen LogP contribution in [0.15, 0.2) is 0 Å². The second-order valence-corrected chi connectivity index (χ2v) is 5.04. The normalized spacial score (nSPS) is 21.4. The minimum atomic E-state index is -4.41. The average Bonchev–Trinajstić information content (AvgIpc) is 2.39. The Labute approximate surface area is 97.1 Å². The summed E-state index contributed by atoms with van der Waals surface area (Å²) in [5.41, 5.74) is 5.01. The summed E-state index contributed by atoms with van der Waals surface area (Å²) < 4.78 is 37.7. The number of rotatable bonds is 3. The molecule has 94 valence electrons. The molecule has 1 unspecified atom stereocenters. The van der Waals surface area contributed by atoms with Crippen LogP contribution in [0.3, 0.4) is 0 Å². The first-order chi connectivity index (χ1) is 7.41. The van der Waals surface area contributed by atoms with Crippen LogP contribution in [-0.2, 0) is 0 Å². The van der Waals surface area contributed by atoms with Crippen LogP contribution >= 0.6 is 11.8 Å². The lowest BCUT2D eigenvalue weighted by molar-refractivity contribution is -0.159. The molecule has 0 bridgehead atoms. The molecule has 0 saturated carbocycles. The van der Waals surface area contributed by atoms with E-state index in [9.17, 15) is 13.2 Å². The van der Waals surface area contributed by atoms with E-state index >= 15 is 0 Å². The molecule has 0 aromatic rings. The fourth-order valence-electron chi connectivity index (χ4n) is 1.62. The molecule has 0 radical (unpaired) electrons. The molecular weight excluding hydrogens is 239 g/mol. The second kappa shape index (κ2) is 5.77. The van der Waals surface area contributed by atoms with E-state index in [1.165, 1.54) is 0 Å². The van der Waals surface area contributed by atoms with Crippen molar-refractivity contribution in [2.24, 2.45) is 11.7 Å². The third kappa shape index (κ3) is 4.21. The Kier molecular flexibility index (Phi) is 4.91. The van der Waals surface area contributed by atoms with Crippen LogP contribution < -0.4 is 5.73 Å². The van der Waals surface area contributed by atoms with E-state index in [2.05, 4.69) is 0 Å². The van der Waals surface area contributed by atoms with E-state index < -0.39 is 17.9 Å². The quantitative estimate of drug-likeness (QED) is 0.594. The maximum atomic E-state index is 12.6. The van der Waals surface area contributed by atoms with Gasteiger partial charge in [-0.3, -0.25) is 5.41 Å². The molecule has 16 heavy (non-hydrogen) atoms. The Bertz CT molecular complexity index is 237. The van der Waals surface area contributed by atoms with Gasteiger partial charge in [0, 0.05) is 18.8 Å². The largest absolute Gasteiger partial charge is 0.399 e. The van der Waals surface area contributed by atoms with Gasteiger partial charge in [-0.2, -0.15) is 24.9 Å². The van der Waals surface area contributed by atoms with E-state index in [1.54, 1.807) is 16.7 Å². The third-order valence-corrected chi connectivity index (χ3v) is 3.57. The van der Waals surface area contributed by atoms with Crippen molar-refractivity contribution in [1.82, 2.24) is 4.90 Å². The molecule has 3 N–H and O–H groups in total. The summed E-state index contributed by atoms with van der Waals surface area (Å²) in [5, 5.41) is 7.01. The fourth-order valence-corrected chi connectivity index (χ4v) is 2.54. The highest BCUT2D eigenvalue weighted by Gasteiger charge is 2.42. The molecule has 0 aromatic carbocycles. The highest BCUT2D eigenvalue weighted by atomic mass is 32.2. The number of hydrogen-bond donors (Lipinski definition) is 2. The predicted octanol–water partition coefficient (Wildman–Crippen LogP) is 1.54. The number of halogens is 3. The van der Waals surface area contributed by atoms with Gasteiger partial charge in [0.25, 0.3) is 0 Å². The fraction of sp³-hybridized carbons (Fsp3) is 0.889. The van der Waals surface area contributed by atoms with Gasteiger partial charge in [-0.05, 0) is 18.7 Å². The van der Waals surface area contributed by atoms with E-state index in [0.717, 1.165) is 17.9 Å². The van der Waals surface area contributed by atoms with Gasteiger partial charge in [0.2, 0.25) is 0 Å². The lowest BCUT2D eigenvalue weighted by Crippen LogP contribution is -2.44. The summed E-state index contributed by atoms with van der Waals surface area (Å²) in [6.45, 7) is 1.12. The van der Waals surface area contributed by atoms with Crippen LogP contribution in [0.5, 0.6) is 0 Å². The van der Waals surface area contributed by atoms with Gasteiger partial charge >= 0.3 is 6.18 Å². The highest BCUT2D eigenvalue weighted by molar-refractivity contribution is 7.99. The number of nitrogens with two attached hydrogens (primary N) is 1. The summed E-state index contributed by atoms with van der Waals surface area (Å²) in [6, 6.07) is 0. The van der Waals surface area contributed by atoms with Crippen LogP contribution in [-0.4, -0.2) is 48.1 Å². The molecule has 1 aliphatic heterocycles. The lowest BCUT2D eigenvalue weighted by Gasteiger charge is -2.26. The zero-order chi connectivity index (χ0) is 12.2. The number of nitrogens with one attached hydrogen (secondary N) is 1. The van der Waals surface area contributed by atoms with E-state index in [4.69, 9.17) is 11.1 Å². The van der Waals surface area contributed by atoms with Crippen LogP contribution in [0.2, 0.25) is 0 Å². The van der Waals surface area contributed by atoms with Gasteiger partial charge in [-0.1, -0.05) is 0 Å². The van der Waals surface area contributed by atoms with Crippen molar-refractivity contribution in [2.45, 2.75) is 12.6 Å². The van der Waals surface area contributed by atoms with Crippen molar-refractivity contribution in [1.29, 1.82) is 5.41 Å². The predicted molar refractivity (Wildman–Crippen MR) is 59.8 cm³/mol. The molecule has 1 atom stereocenters. The highest BCUT2D eigenvalue weighted by Crippen LogP contribution is 2.27. The minimum Gasteiger partial charge on any atom is -0.387 e. The molecule has 0 amide bonds. The number of hydrogen-bond acceptors (Lipinski definition) is 3. The Morgan fingerprint density at radius 2 is 2.06 bits per heavy atom. The second-order valence-electron chi connectivity index (χ2n) is 3.82. The maximum Gasteiger partial charge on any atom is 0.399 e. The Hall–Kier alpha value is -0.430. The number of thioether (sulfide) groups is 1. The molecule has 1 rings (SSSR count). The lowest BCUT2D eigenvalue weighted by atomic mass is 10.1. The summed E-state index contributed by atoms with van der Waals surface area (Å²) in [7, 11) is 0. The zero-order valence-electron chi connectivity index (χ0n) is 8.89. The van der Waals surface area contributed by atoms with Crippen molar-refractivity contribution in [3.05, 3.63) is 0 Å². The van der Waals surface area contributed by atoms with E-state index in [-0.39, 0.29) is 6.54 Å². The van der Waals surface area contributed by atoms with E-state index in [0.29, 0.717) is 13.1 Å². The topological polar surface area (TPSA) is 53.1 Å². The van der Waals surface area contributed by atoms with Crippen molar-refractivity contribution in [3.8, 4) is 0 Å². The minimum absolute atomic E-state index is 0.181.